The van der Waals surface area contributed by atoms with Gasteiger partial charge in [0.05, 0.1) is 29.3 Å². The van der Waals surface area contributed by atoms with E-state index in [1.807, 2.05) is 63.9 Å². The number of sulfonamides is 1. The number of hydrogen-bond donors (Lipinski definition) is 0. The molecule has 220 valence electrons. The Balaban J connectivity index is 1.41. The second kappa shape index (κ2) is 11.0. The van der Waals surface area contributed by atoms with Crippen molar-refractivity contribution in [3.05, 3.63) is 58.2 Å². The average molecular weight is 600 g/mol. The van der Waals surface area contributed by atoms with Gasteiger partial charge < -0.3 is 9.64 Å². The highest BCUT2D eigenvalue weighted by Gasteiger charge is 2.46. The van der Waals surface area contributed by atoms with Crippen LogP contribution in [0, 0.1) is 20.8 Å². The van der Waals surface area contributed by atoms with E-state index in [9.17, 15) is 13.2 Å². The first kappa shape index (κ1) is 29.5. The third kappa shape index (κ3) is 5.49. The number of likely N-dealkylation sites (tertiary alicyclic amines) is 1. The van der Waals surface area contributed by atoms with Crippen LogP contribution < -0.4 is 4.74 Å². The molecule has 2 aliphatic heterocycles. The zero-order valence-electron chi connectivity index (χ0n) is 24.5. The zero-order chi connectivity index (χ0) is 29.7. The molecule has 3 heterocycles. The number of amides is 1. The van der Waals surface area contributed by atoms with E-state index < -0.39 is 21.6 Å². The van der Waals surface area contributed by atoms with Crippen molar-refractivity contribution in [1.82, 2.24) is 24.2 Å². The smallest absolute Gasteiger partial charge is 0.244 e. The molecule has 0 spiro atoms. The van der Waals surface area contributed by atoms with E-state index in [2.05, 4.69) is 10.3 Å². The minimum Gasteiger partial charge on any atom is -0.497 e. The Hall–Kier alpha value is -2.95. The lowest BCUT2D eigenvalue weighted by atomic mass is 9.87. The van der Waals surface area contributed by atoms with Gasteiger partial charge in [-0.1, -0.05) is 34.5 Å². The first-order chi connectivity index (χ1) is 19.3. The van der Waals surface area contributed by atoms with Crippen molar-refractivity contribution in [3.8, 4) is 17.0 Å². The average Bonchev–Trinajstić information content (AvgIpc) is 3.59. The molecule has 5 rings (SSSR count). The van der Waals surface area contributed by atoms with Crippen molar-refractivity contribution in [3.63, 3.8) is 0 Å². The topological polar surface area (TPSA) is 97.6 Å². The van der Waals surface area contributed by atoms with E-state index in [4.69, 9.17) is 16.3 Å². The Bertz CT molecular complexity index is 1560. The van der Waals surface area contributed by atoms with Gasteiger partial charge in [-0.2, -0.15) is 4.31 Å². The van der Waals surface area contributed by atoms with Crippen LogP contribution in [-0.4, -0.2) is 70.3 Å². The van der Waals surface area contributed by atoms with Gasteiger partial charge in [0.1, 0.15) is 17.5 Å². The van der Waals surface area contributed by atoms with Gasteiger partial charge in [0.2, 0.25) is 15.9 Å². The lowest BCUT2D eigenvalue weighted by molar-refractivity contribution is -0.143. The lowest BCUT2D eigenvalue weighted by Gasteiger charge is -2.47. The van der Waals surface area contributed by atoms with Crippen molar-refractivity contribution in [2.24, 2.45) is 0 Å². The molecule has 41 heavy (non-hydrogen) atoms. The molecule has 2 unspecified atom stereocenters. The molecule has 1 amide bonds. The second-order valence-corrected chi connectivity index (χ2v) is 14.1. The fourth-order valence-electron chi connectivity index (χ4n) is 6.36. The highest BCUT2D eigenvalue weighted by atomic mass is 35.5. The monoisotopic (exact) mass is 599 g/mol. The van der Waals surface area contributed by atoms with Crippen LogP contribution in [0.5, 0.6) is 5.75 Å². The van der Waals surface area contributed by atoms with Crippen LogP contribution in [0.15, 0.2) is 41.4 Å². The molecule has 2 fully saturated rings. The number of hydrogen-bond acceptors (Lipinski definition) is 6. The number of methoxy groups -OCH3 is 1. The molecule has 0 saturated carbocycles. The van der Waals surface area contributed by atoms with Gasteiger partial charge in [0.25, 0.3) is 0 Å². The largest absolute Gasteiger partial charge is 0.497 e. The Morgan fingerprint density at radius 1 is 1.10 bits per heavy atom. The van der Waals surface area contributed by atoms with Crippen molar-refractivity contribution < 1.29 is 17.9 Å². The van der Waals surface area contributed by atoms with Crippen molar-refractivity contribution in [1.29, 1.82) is 0 Å². The molecular formula is C30H38ClN5O4S. The summed E-state index contributed by atoms with van der Waals surface area (Å²) in [6.07, 6.45) is 4.54. The molecular weight excluding hydrogens is 562 g/mol. The van der Waals surface area contributed by atoms with E-state index in [-0.39, 0.29) is 11.9 Å². The van der Waals surface area contributed by atoms with E-state index >= 15 is 0 Å². The van der Waals surface area contributed by atoms with Gasteiger partial charge in [-0.3, -0.25) is 4.79 Å². The van der Waals surface area contributed by atoms with Gasteiger partial charge in [-0.05, 0) is 89.6 Å². The molecule has 0 bridgehead atoms. The molecule has 2 atom stereocenters. The summed E-state index contributed by atoms with van der Waals surface area (Å²) in [7, 11) is -2.26. The maximum atomic E-state index is 14.2. The van der Waals surface area contributed by atoms with Crippen LogP contribution in [0.3, 0.4) is 0 Å². The van der Waals surface area contributed by atoms with Gasteiger partial charge in [0.15, 0.2) is 0 Å². The molecule has 3 aromatic rings. The summed E-state index contributed by atoms with van der Waals surface area (Å²) in [5.74, 6) is 0.515. The predicted octanol–water partition coefficient (Wildman–Crippen LogP) is 5.33. The van der Waals surface area contributed by atoms with Crippen LogP contribution in [0.25, 0.3) is 11.3 Å². The molecule has 9 nitrogen and oxygen atoms in total. The molecule has 2 saturated heterocycles. The molecule has 2 aliphatic rings. The van der Waals surface area contributed by atoms with Crippen LogP contribution in [0.2, 0.25) is 5.02 Å². The number of nitrogens with zero attached hydrogens (tertiary/aromatic N) is 5. The number of piperidine rings is 1. The van der Waals surface area contributed by atoms with Crippen LogP contribution in [0.1, 0.15) is 62.3 Å². The first-order valence-electron chi connectivity index (χ1n) is 14.0. The number of halogens is 1. The van der Waals surface area contributed by atoms with E-state index in [0.29, 0.717) is 58.4 Å². The second-order valence-electron chi connectivity index (χ2n) is 11.9. The minimum atomic E-state index is -3.85. The number of rotatable bonds is 6. The fourth-order valence-corrected chi connectivity index (χ4v) is 8.64. The van der Waals surface area contributed by atoms with Crippen molar-refractivity contribution in [2.45, 2.75) is 82.8 Å². The summed E-state index contributed by atoms with van der Waals surface area (Å²) in [6.45, 7) is 10.4. The summed E-state index contributed by atoms with van der Waals surface area (Å²) >= 11 is 6.44. The summed E-state index contributed by atoms with van der Waals surface area (Å²) in [4.78, 5) is 16.4. The Labute approximate surface area is 247 Å². The molecule has 1 aromatic heterocycles. The summed E-state index contributed by atoms with van der Waals surface area (Å²) in [5.41, 5.74) is 3.33. The summed E-state index contributed by atoms with van der Waals surface area (Å²) in [6, 6.07) is 8.30. The molecule has 0 radical (unpaired) electrons. The van der Waals surface area contributed by atoms with E-state index in [0.717, 1.165) is 24.0 Å². The number of benzene rings is 2. The number of aromatic nitrogens is 3. The SMILES string of the molecule is COc1ccc(Cl)c(-c2cn(C3CCC(C)(C)N(C(=O)C4CCCN4S(=O)(=O)c4c(C)cc(C)cc4C)C3)nn2)c1. The van der Waals surface area contributed by atoms with Crippen LogP contribution in [-0.2, 0) is 14.8 Å². The highest BCUT2D eigenvalue weighted by molar-refractivity contribution is 7.89. The minimum absolute atomic E-state index is 0.106. The number of carbonyl (C=O) groups excluding carboxylic acids is 1. The maximum Gasteiger partial charge on any atom is 0.244 e. The van der Waals surface area contributed by atoms with Crippen molar-refractivity contribution >= 4 is 27.5 Å². The number of ether oxygens (including phenoxy) is 1. The maximum absolute atomic E-state index is 14.2. The summed E-state index contributed by atoms with van der Waals surface area (Å²) < 4.78 is 36.5. The van der Waals surface area contributed by atoms with Crippen molar-refractivity contribution in [2.75, 3.05) is 20.2 Å². The first-order valence-corrected chi connectivity index (χ1v) is 15.8. The Kier molecular flexibility index (Phi) is 7.95. The number of aryl methyl sites for hydroxylation is 3. The van der Waals surface area contributed by atoms with Gasteiger partial charge in [-0.25, -0.2) is 13.1 Å². The predicted molar refractivity (Wildman–Crippen MR) is 159 cm³/mol. The zero-order valence-corrected chi connectivity index (χ0v) is 26.1. The normalized spacial score (nSPS) is 21.3. The number of carbonyl (C=O) groups is 1. The fraction of sp³-hybridized carbons (Fsp3) is 0.500. The van der Waals surface area contributed by atoms with E-state index in [1.165, 1.54) is 4.31 Å². The van der Waals surface area contributed by atoms with Gasteiger partial charge >= 0.3 is 0 Å². The van der Waals surface area contributed by atoms with Gasteiger partial charge in [0, 0.05) is 24.2 Å². The third-order valence-electron chi connectivity index (χ3n) is 8.47. The standard InChI is InChI=1S/C30H38ClN5O4S/c1-19-14-20(2)28(21(3)15-19)41(38,39)36-13-7-8-27(36)29(37)34-17-22(11-12-30(34,4)5)35-18-26(32-33-35)24-16-23(40-6)9-10-25(24)31/h9-10,14-16,18,22,27H,7-8,11-13,17H2,1-6H3. The molecule has 11 heteroatoms. The van der Waals surface area contributed by atoms with Crippen LogP contribution >= 0.6 is 11.6 Å². The molecule has 2 aromatic carbocycles. The Morgan fingerprint density at radius 2 is 1.80 bits per heavy atom. The van der Waals surface area contributed by atoms with Gasteiger partial charge in [-0.15, -0.1) is 5.10 Å². The van der Waals surface area contributed by atoms with E-state index in [1.54, 1.807) is 23.9 Å². The summed E-state index contributed by atoms with van der Waals surface area (Å²) in [5, 5.41) is 9.30. The molecule has 0 N–H and O–H groups in total. The Morgan fingerprint density at radius 3 is 2.49 bits per heavy atom. The molecule has 0 aliphatic carbocycles. The third-order valence-corrected chi connectivity index (χ3v) is 11.0. The van der Waals surface area contributed by atoms with Crippen LogP contribution in [0.4, 0.5) is 0 Å². The highest BCUT2D eigenvalue weighted by Crippen LogP contribution is 2.38. The lowest BCUT2D eigenvalue weighted by Crippen LogP contribution is -2.58. The quantitative estimate of drug-likeness (QED) is 0.380.